The Kier molecular flexibility index (Phi) is 3.84. The summed E-state index contributed by atoms with van der Waals surface area (Å²) in [6, 6.07) is 17.2. The van der Waals surface area contributed by atoms with Crippen LogP contribution in [0.3, 0.4) is 0 Å². The van der Waals surface area contributed by atoms with Crippen LogP contribution < -0.4 is 0 Å². The lowest BCUT2D eigenvalue weighted by Crippen LogP contribution is -1.96. The van der Waals surface area contributed by atoms with Gasteiger partial charge in [-0.2, -0.15) is 0 Å². The summed E-state index contributed by atoms with van der Waals surface area (Å²) >= 11 is 6.02. The molecular formula is C14H11ClO2S. The quantitative estimate of drug-likeness (QED) is 0.858. The molecule has 0 aliphatic heterocycles. The van der Waals surface area contributed by atoms with Crippen molar-refractivity contribution in [1.82, 2.24) is 0 Å². The maximum absolute atomic E-state index is 12.1. The molecule has 0 saturated heterocycles. The van der Waals surface area contributed by atoms with E-state index < -0.39 is 9.84 Å². The van der Waals surface area contributed by atoms with E-state index in [9.17, 15) is 8.42 Å². The van der Waals surface area contributed by atoms with Gasteiger partial charge in [-0.05, 0) is 17.7 Å². The third-order valence-electron chi connectivity index (χ3n) is 2.38. The van der Waals surface area contributed by atoms with Crippen molar-refractivity contribution in [2.45, 2.75) is 4.90 Å². The van der Waals surface area contributed by atoms with Crippen LogP contribution in [-0.2, 0) is 9.84 Å². The Hall–Kier alpha value is -1.58. The minimum atomic E-state index is -3.50. The topological polar surface area (TPSA) is 34.1 Å². The standard InChI is InChI=1S/C14H11ClO2S/c15-14(12-7-3-1-4-8-12)11-18(16,17)13-9-5-2-6-10-13/h1-11H. The lowest BCUT2D eigenvalue weighted by atomic mass is 10.2. The summed E-state index contributed by atoms with van der Waals surface area (Å²) in [6.07, 6.45) is 0. The van der Waals surface area contributed by atoms with Crippen LogP contribution in [0.4, 0.5) is 0 Å². The molecule has 0 atom stereocenters. The van der Waals surface area contributed by atoms with Gasteiger partial charge >= 0.3 is 0 Å². The number of hydrogen-bond acceptors (Lipinski definition) is 2. The van der Waals surface area contributed by atoms with E-state index in [0.717, 1.165) is 5.41 Å². The largest absolute Gasteiger partial charge is 0.219 e. The second-order valence-electron chi connectivity index (χ2n) is 3.69. The van der Waals surface area contributed by atoms with Crippen LogP contribution in [-0.4, -0.2) is 8.42 Å². The maximum atomic E-state index is 12.1. The molecule has 0 saturated carbocycles. The van der Waals surface area contributed by atoms with Gasteiger partial charge in [-0.15, -0.1) is 0 Å². The molecule has 92 valence electrons. The molecule has 18 heavy (non-hydrogen) atoms. The Labute approximate surface area is 111 Å². The molecule has 4 heteroatoms. The summed E-state index contributed by atoms with van der Waals surface area (Å²) < 4.78 is 24.1. The van der Waals surface area contributed by atoms with Gasteiger partial charge in [0.1, 0.15) is 0 Å². The molecule has 2 aromatic rings. The lowest BCUT2D eigenvalue weighted by Gasteiger charge is -2.01. The maximum Gasteiger partial charge on any atom is 0.201 e. The van der Waals surface area contributed by atoms with Gasteiger partial charge in [-0.25, -0.2) is 8.42 Å². The number of hydrogen-bond donors (Lipinski definition) is 0. The Morgan fingerprint density at radius 3 is 1.94 bits per heavy atom. The minimum Gasteiger partial charge on any atom is -0.219 e. The molecule has 2 nitrogen and oxygen atoms in total. The fourth-order valence-corrected chi connectivity index (χ4v) is 3.04. The van der Waals surface area contributed by atoms with Crippen molar-refractivity contribution in [3.05, 3.63) is 71.6 Å². The Bertz CT molecular complexity index is 647. The molecule has 0 radical (unpaired) electrons. The number of halogens is 1. The highest BCUT2D eigenvalue weighted by molar-refractivity contribution is 7.94. The molecule has 0 amide bonds. The molecule has 0 spiro atoms. The van der Waals surface area contributed by atoms with E-state index in [2.05, 4.69) is 0 Å². The molecule has 2 rings (SSSR count). The first kappa shape index (κ1) is 12.9. The first-order valence-electron chi connectivity index (χ1n) is 5.32. The van der Waals surface area contributed by atoms with Crippen LogP contribution in [0.15, 0.2) is 71.0 Å². The van der Waals surface area contributed by atoms with E-state index in [1.807, 2.05) is 6.07 Å². The van der Waals surface area contributed by atoms with E-state index in [1.165, 1.54) is 0 Å². The monoisotopic (exact) mass is 278 g/mol. The highest BCUT2D eigenvalue weighted by atomic mass is 35.5. The molecule has 0 aliphatic rings. The number of sulfone groups is 1. The summed E-state index contributed by atoms with van der Waals surface area (Å²) in [4.78, 5) is 0.235. The zero-order chi connectivity index (χ0) is 13.0. The van der Waals surface area contributed by atoms with Gasteiger partial charge in [0, 0.05) is 0 Å². The van der Waals surface area contributed by atoms with E-state index in [-0.39, 0.29) is 9.93 Å². The average Bonchev–Trinajstić information content (AvgIpc) is 2.40. The molecular weight excluding hydrogens is 268 g/mol. The van der Waals surface area contributed by atoms with Crippen molar-refractivity contribution in [2.75, 3.05) is 0 Å². The van der Waals surface area contributed by atoms with Crippen molar-refractivity contribution in [1.29, 1.82) is 0 Å². The predicted molar refractivity (Wildman–Crippen MR) is 73.9 cm³/mol. The van der Waals surface area contributed by atoms with E-state index >= 15 is 0 Å². The highest BCUT2D eigenvalue weighted by Crippen LogP contribution is 2.22. The third-order valence-corrected chi connectivity index (χ3v) is 4.31. The predicted octanol–water partition coefficient (Wildman–Crippen LogP) is 3.70. The smallest absolute Gasteiger partial charge is 0.201 e. The Balaban J connectivity index is 2.39. The van der Waals surface area contributed by atoms with Crippen LogP contribution >= 0.6 is 11.6 Å². The van der Waals surface area contributed by atoms with Gasteiger partial charge in [0.25, 0.3) is 0 Å². The van der Waals surface area contributed by atoms with Gasteiger partial charge in [0.15, 0.2) is 0 Å². The minimum absolute atomic E-state index is 0.208. The van der Waals surface area contributed by atoms with Crippen molar-refractivity contribution >= 4 is 26.5 Å². The normalized spacial score (nSPS) is 12.4. The van der Waals surface area contributed by atoms with E-state index in [1.54, 1.807) is 54.6 Å². The van der Waals surface area contributed by atoms with Crippen molar-refractivity contribution in [2.24, 2.45) is 0 Å². The summed E-state index contributed by atoms with van der Waals surface area (Å²) in [6.45, 7) is 0. The third kappa shape index (κ3) is 3.00. The molecule has 0 unspecified atom stereocenters. The molecule has 0 heterocycles. The van der Waals surface area contributed by atoms with Crippen LogP contribution in [0.2, 0.25) is 0 Å². The van der Waals surface area contributed by atoms with Crippen molar-refractivity contribution in [3.8, 4) is 0 Å². The fourth-order valence-electron chi connectivity index (χ4n) is 1.48. The van der Waals surface area contributed by atoms with Crippen molar-refractivity contribution in [3.63, 3.8) is 0 Å². The second kappa shape index (κ2) is 5.38. The lowest BCUT2D eigenvalue weighted by molar-refractivity contribution is 0.605. The van der Waals surface area contributed by atoms with Gasteiger partial charge < -0.3 is 0 Å². The Morgan fingerprint density at radius 2 is 1.39 bits per heavy atom. The molecule has 0 bridgehead atoms. The summed E-state index contributed by atoms with van der Waals surface area (Å²) in [5, 5.41) is 1.29. The first-order chi connectivity index (χ1) is 8.59. The first-order valence-corrected chi connectivity index (χ1v) is 7.25. The Morgan fingerprint density at radius 1 is 0.889 bits per heavy atom. The zero-order valence-electron chi connectivity index (χ0n) is 9.45. The second-order valence-corrected chi connectivity index (χ2v) is 5.89. The van der Waals surface area contributed by atoms with E-state index in [0.29, 0.717) is 5.56 Å². The molecule has 0 N–H and O–H groups in total. The van der Waals surface area contributed by atoms with Gasteiger partial charge in [-0.1, -0.05) is 60.1 Å². The van der Waals surface area contributed by atoms with Crippen LogP contribution in [0.1, 0.15) is 5.56 Å². The fraction of sp³-hybridized carbons (Fsp3) is 0. The molecule has 0 aromatic heterocycles. The summed E-state index contributed by atoms with van der Waals surface area (Å²) in [7, 11) is -3.50. The van der Waals surface area contributed by atoms with Crippen LogP contribution in [0.25, 0.3) is 5.03 Å². The average molecular weight is 279 g/mol. The van der Waals surface area contributed by atoms with Gasteiger partial charge in [0.2, 0.25) is 9.84 Å². The number of rotatable bonds is 3. The van der Waals surface area contributed by atoms with Gasteiger partial charge in [0.05, 0.1) is 15.3 Å². The van der Waals surface area contributed by atoms with Crippen LogP contribution in [0.5, 0.6) is 0 Å². The van der Waals surface area contributed by atoms with Crippen molar-refractivity contribution < 1.29 is 8.42 Å². The molecule has 2 aromatic carbocycles. The van der Waals surface area contributed by atoms with E-state index in [4.69, 9.17) is 11.6 Å². The van der Waals surface area contributed by atoms with Gasteiger partial charge in [-0.3, -0.25) is 0 Å². The van der Waals surface area contributed by atoms with Crippen LogP contribution in [0, 0.1) is 0 Å². The molecule has 0 fully saturated rings. The SMILES string of the molecule is O=S(=O)(C=C(Cl)c1ccccc1)c1ccccc1. The molecule has 0 aliphatic carbocycles. The summed E-state index contributed by atoms with van der Waals surface area (Å²) in [5.74, 6) is 0. The highest BCUT2D eigenvalue weighted by Gasteiger charge is 2.12. The zero-order valence-corrected chi connectivity index (χ0v) is 11.0. The summed E-state index contributed by atoms with van der Waals surface area (Å²) in [5.41, 5.74) is 0.679. The number of benzene rings is 2.